The summed E-state index contributed by atoms with van der Waals surface area (Å²) in [4.78, 5) is 22.5. The van der Waals surface area contributed by atoms with E-state index in [0.717, 1.165) is 17.7 Å². The van der Waals surface area contributed by atoms with Gasteiger partial charge in [-0.25, -0.2) is 4.79 Å². The highest BCUT2D eigenvalue weighted by Gasteiger charge is 2.22. The van der Waals surface area contributed by atoms with Gasteiger partial charge in [0.15, 0.2) is 0 Å². The number of rotatable bonds is 4. The van der Waals surface area contributed by atoms with Crippen molar-refractivity contribution in [3.63, 3.8) is 0 Å². The minimum Gasteiger partial charge on any atom is -0.493 e. The van der Waals surface area contributed by atoms with Crippen LogP contribution in [0.15, 0.2) is 24.3 Å². The first-order chi connectivity index (χ1) is 9.66. The molecule has 3 N–H and O–H groups in total. The van der Waals surface area contributed by atoms with Crippen molar-refractivity contribution in [3.05, 3.63) is 29.8 Å². The Bertz CT molecular complexity index is 490. The van der Waals surface area contributed by atoms with Crippen LogP contribution in [0.5, 0.6) is 5.75 Å². The van der Waals surface area contributed by atoms with E-state index in [-0.39, 0.29) is 18.0 Å². The smallest absolute Gasteiger partial charge is 0.315 e. The summed E-state index contributed by atoms with van der Waals surface area (Å²) in [5, 5.41) is 8.25. The highest BCUT2D eigenvalue weighted by molar-refractivity contribution is 5.75. The maximum atomic E-state index is 11.8. The van der Waals surface area contributed by atoms with Crippen LogP contribution in [0.25, 0.3) is 0 Å². The van der Waals surface area contributed by atoms with E-state index >= 15 is 0 Å². The standard InChI is InChI=1S/C14H19N3O3/c1-10(18)15-7-8-16-14(19)17-12-6-9-20-13-5-3-2-4-11(12)13/h2-5,12H,6-9H2,1H3,(H,15,18)(H2,16,17,19)/t12-/m1/s1. The van der Waals surface area contributed by atoms with Crippen LogP contribution in [0, 0.1) is 0 Å². The molecule has 1 aromatic carbocycles. The van der Waals surface area contributed by atoms with Crippen molar-refractivity contribution in [1.29, 1.82) is 0 Å². The third-order valence-electron chi connectivity index (χ3n) is 3.05. The minimum atomic E-state index is -0.239. The third-order valence-corrected chi connectivity index (χ3v) is 3.05. The Morgan fingerprint density at radius 3 is 2.80 bits per heavy atom. The lowest BCUT2D eigenvalue weighted by Crippen LogP contribution is -2.42. The molecule has 6 heteroatoms. The summed E-state index contributed by atoms with van der Waals surface area (Å²) in [7, 11) is 0. The number of hydrogen-bond donors (Lipinski definition) is 3. The Kier molecular flexibility index (Phi) is 4.81. The first-order valence-electron chi connectivity index (χ1n) is 6.67. The SMILES string of the molecule is CC(=O)NCCNC(=O)N[C@@H]1CCOc2ccccc21. The zero-order valence-electron chi connectivity index (χ0n) is 11.4. The van der Waals surface area contributed by atoms with Gasteiger partial charge in [-0.05, 0) is 6.07 Å². The van der Waals surface area contributed by atoms with E-state index in [1.165, 1.54) is 6.92 Å². The van der Waals surface area contributed by atoms with Crippen LogP contribution in [0.3, 0.4) is 0 Å². The molecular formula is C14H19N3O3. The highest BCUT2D eigenvalue weighted by atomic mass is 16.5. The van der Waals surface area contributed by atoms with Gasteiger partial charge in [0.05, 0.1) is 12.6 Å². The Balaban J connectivity index is 1.82. The minimum absolute atomic E-state index is 0.0410. The van der Waals surface area contributed by atoms with Gasteiger partial charge in [-0.1, -0.05) is 18.2 Å². The second kappa shape index (κ2) is 6.79. The molecule has 0 fully saturated rings. The molecule has 0 radical (unpaired) electrons. The largest absolute Gasteiger partial charge is 0.493 e. The number of carbonyl (C=O) groups excluding carboxylic acids is 2. The molecule has 3 amide bonds. The van der Waals surface area contributed by atoms with Gasteiger partial charge in [-0.15, -0.1) is 0 Å². The summed E-state index contributed by atoms with van der Waals surface area (Å²) in [6.07, 6.45) is 0.746. The number of carbonyl (C=O) groups is 2. The number of amides is 3. The van der Waals surface area contributed by atoms with E-state index in [4.69, 9.17) is 4.74 Å². The Labute approximate surface area is 117 Å². The molecule has 2 rings (SSSR count). The van der Waals surface area contributed by atoms with E-state index in [9.17, 15) is 9.59 Å². The van der Waals surface area contributed by atoms with Crippen molar-refractivity contribution in [2.24, 2.45) is 0 Å². The Morgan fingerprint density at radius 1 is 1.25 bits per heavy atom. The number of urea groups is 1. The molecule has 0 aliphatic carbocycles. The second-order valence-electron chi connectivity index (χ2n) is 4.61. The molecule has 20 heavy (non-hydrogen) atoms. The fraction of sp³-hybridized carbons (Fsp3) is 0.429. The van der Waals surface area contributed by atoms with E-state index in [2.05, 4.69) is 16.0 Å². The van der Waals surface area contributed by atoms with Gasteiger partial charge in [0.2, 0.25) is 5.91 Å². The van der Waals surface area contributed by atoms with Crippen LogP contribution in [-0.4, -0.2) is 31.6 Å². The molecule has 1 atom stereocenters. The summed E-state index contributed by atoms with van der Waals surface area (Å²) >= 11 is 0. The number of nitrogens with one attached hydrogen (secondary N) is 3. The summed E-state index contributed by atoms with van der Waals surface area (Å²) in [5.74, 6) is 0.716. The van der Waals surface area contributed by atoms with Gasteiger partial charge in [-0.3, -0.25) is 4.79 Å². The van der Waals surface area contributed by atoms with Gasteiger partial charge in [0.1, 0.15) is 5.75 Å². The van der Waals surface area contributed by atoms with Crippen LogP contribution in [-0.2, 0) is 4.79 Å². The molecule has 0 unspecified atom stereocenters. The summed E-state index contributed by atoms with van der Waals surface area (Å²) in [5.41, 5.74) is 0.996. The fourth-order valence-corrected chi connectivity index (χ4v) is 2.12. The fourth-order valence-electron chi connectivity index (χ4n) is 2.12. The third kappa shape index (κ3) is 3.88. The molecule has 0 spiro atoms. The van der Waals surface area contributed by atoms with E-state index in [1.54, 1.807) is 0 Å². The first-order valence-corrected chi connectivity index (χ1v) is 6.67. The van der Waals surface area contributed by atoms with Crippen molar-refractivity contribution < 1.29 is 14.3 Å². The van der Waals surface area contributed by atoms with Crippen molar-refractivity contribution in [2.45, 2.75) is 19.4 Å². The number of fused-ring (bicyclic) bond motifs is 1. The predicted molar refractivity (Wildman–Crippen MR) is 74.5 cm³/mol. The Morgan fingerprint density at radius 2 is 2.00 bits per heavy atom. The van der Waals surface area contributed by atoms with E-state index in [1.807, 2.05) is 24.3 Å². The zero-order valence-corrected chi connectivity index (χ0v) is 11.4. The second-order valence-corrected chi connectivity index (χ2v) is 4.61. The number of hydrogen-bond acceptors (Lipinski definition) is 3. The van der Waals surface area contributed by atoms with Crippen molar-refractivity contribution in [2.75, 3.05) is 19.7 Å². The summed E-state index contributed by atoms with van der Waals surface area (Å²) in [6, 6.07) is 7.41. The van der Waals surface area contributed by atoms with Crippen LogP contribution in [0.1, 0.15) is 24.9 Å². The Hall–Kier alpha value is -2.24. The first kappa shape index (κ1) is 14.2. The van der Waals surface area contributed by atoms with E-state index < -0.39 is 0 Å². The molecule has 108 valence electrons. The van der Waals surface area contributed by atoms with Crippen LogP contribution in [0.2, 0.25) is 0 Å². The van der Waals surface area contributed by atoms with Crippen molar-refractivity contribution >= 4 is 11.9 Å². The normalized spacial score (nSPS) is 16.6. The molecule has 6 nitrogen and oxygen atoms in total. The van der Waals surface area contributed by atoms with Gasteiger partial charge < -0.3 is 20.7 Å². The monoisotopic (exact) mass is 277 g/mol. The van der Waals surface area contributed by atoms with Crippen LogP contribution in [0.4, 0.5) is 4.79 Å². The highest BCUT2D eigenvalue weighted by Crippen LogP contribution is 2.31. The molecule has 0 bridgehead atoms. The van der Waals surface area contributed by atoms with Gasteiger partial charge in [-0.2, -0.15) is 0 Å². The molecule has 0 saturated heterocycles. The topological polar surface area (TPSA) is 79.5 Å². The molecule has 0 saturated carbocycles. The van der Waals surface area contributed by atoms with E-state index in [0.29, 0.717) is 19.7 Å². The lowest BCUT2D eigenvalue weighted by Gasteiger charge is -2.26. The van der Waals surface area contributed by atoms with Gasteiger partial charge in [0.25, 0.3) is 0 Å². The number of benzene rings is 1. The molecule has 1 aliphatic rings. The zero-order chi connectivity index (χ0) is 14.4. The summed E-state index contributed by atoms with van der Waals surface area (Å²) in [6.45, 7) is 2.86. The number of ether oxygens (including phenoxy) is 1. The molecular weight excluding hydrogens is 258 g/mol. The van der Waals surface area contributed by atoms with Crippen LogP contribution >= 0.6 is 0 Å². The lowest BCUT2D eigenvalue weighted by atomic mass is 10.0. The molecule has 1 aliphatic heterocycles. The van der Waals surface area contributed by atoms with Gasteiger partial charge in [0, 0.05) is 32.0 Å². The predicted octanol–water partition coefficient (Wildman–Crippen LogP) is 0.945. The van der Waals surface area contributed by atoms with Crippen LogP contribution < -0.4 is 20.7 Å². The maximum Gasteiger partial charge on any atom is 0.315 e. The average Bonchev–Trinajstić information content (AvgIpc) is 2.44. The summed E-state index contributed by atoms with van der Waals surface area (Å²) < 4.78 is 5.54. The average molecular weight is 277 g/mol. The van der Waals surface area contributed by atoms with Gasteiger partial charge >= 0.3 is 6.03 Å². The van der Waals surface area contributed by atoms with Crippen molar-refractivity contribution in [3.8, 4) is 5.75 Å². The quantitative estimate of drug-likeness (QED) is 0.717. The number of para-hydroxylation sites is 1. The maximum absolute atomic E-state index is 11.8. The molecule has 0 aromatic heterocycles. The molecule has 1 heterocycles. The molecule has 1 aromatic rings. The lowest BCUT2D eigenvalue weighted by molar-refractivity contribution is -0.118. The van der Waals surface area contributed by atoms with Crippen molar-refractivity contribution in [1.82, 2.24) is 16.0 Å².